The Balaban J connectivity index is 1.21. The van der Waals surface area contributed by atoms with E-state index in [2.05, 4.69) is 5.92 Å². The van der Waals surface area contributed by atoms with Crippen LogP contribution in [0.5, 0.6) is 17.2 Å². The molecular formula is C44H52F2N3O5+. The normalized spacial score (nSPS) is 17.6. The van der Waals surface area contributed by atoms with E-state index in [1.165, 1.54) is 81.8 Å². The van der Waals surface area contributed by atoms with Crippen molar-refractivity contribution in [2.45, 2.75) is 71.1 Å². The largest absolute Gasteiger partial charge is 0.497 e. The van der Waals surface area contributed by atoms with Crippen molar-refractivity contribution in [3.63, 3.8) is 0 Å². The zero-order valence-electron chi connectivity index (χ0n) is 31.6. The minimum absolute atomic E-state index is 0.105. The third-order valence-corrected chi connectivity index (χ3v) is 11.0. The van der Waals surface area contributed by atoms with E-state index in [-0.39, 0.29) is 23.2 Å². The summed E-state index contributed by atoms with van der Waals surface area (Å²) in [5.41, 5.74) is 0.156. The highest BCUT2D eigenvalue weighted by Gasteiger charge is 2.38. The number of carbonyl (C=O) groups is 1. The first-order chi connectivity index (χ1) is 26.2. The first-order valence-electron chi connectivity index (χ1n) is 19.4. The molecule has 2 bridgehead atoms. The predicted octanol–water partition coefficient (Wildman–Crippen LogP) is 8.70. The van der Waals surface area contributed by atoms with E-state index >= 15 is 0 Å². The number of pyridine rings is 1. The number of anilines is 1. The standard InChI is InChI=1S/C44H52F2N3O5/c1-4-17-47(35-25-33(45)24-34(46)26-35)44(51)41-31-48(36-27-38(52-3)29-39(28-36)53-22-5-2)42-30-37(12-13-40(42)43(41)50)54-23-11-9-7-6-8-10-18-49-19-14-32(15-20-49)16-21-49/h1,12-13,24-32H,5-11,14-23H2,2-3H3/q+1. The van der Waals surface area contributed by atoms with E-state index in [1.54, 1.807) is 48.1 Å². The number of ether oxygens (including phenoxy) is 3. The van der Waals surface area contributed by atoms with Crippen LogP contribution < -0.4 is 24.5 Å². The van der Waals surface area contributed by atoms with Gasteiger partial charge in [0.05, 0.1) is 69.9 Å². The molecule has 0 N–H and O–H groups in total. The Morgan fingerprint density at radius 3 is 2.22 bits per heavy atom. The molecule has 0 radical (unpaired) electrons. The van der Waals surface area contributed by atoms with Crippen LogP contribution >= 0.6 is 0 Å². The zero-order valence-corrected chi connectivity index (χ0v) is 31.6. The molecule has 4 heterocycles. The Bertz CT molecular complexity index is 2000. The average Bonchev–Trinajstić information content (AvgIpc) is 3.18. The van der Waals surface area contributed by atoms with Crippen molar-refractivity contribution >= 4 is 22.5 Å². The lowest BCUT2D eigenvalue weighted by molar-refractivity contribution is -0.942. The molecule has 0 spiro atoms. The molecule has 3 saturated heterocycles. The van der Waals surface area contributed by atoms with Gasteiger partial charge in [0, 0.05) is 41.9 Å². The fourth-order valence-corrected chi connectivity index (χ4v) is 8.01. The molecule has 0 aliphatic carbocycles. The lowest BCUT2D eigenvalue weighted by Crippen LogP contribution is -2.58. The third-order valence-electron chi connectivity index (χ3n) is 11.0. The van der Waals surface area contributed by atoms with E-state index in [0.29, 0.717) is 47.7 Å². The van der Waals surface area contributed by atoms with Crippen LogP contribution in [0.4, 0.5) is 14.5 Å². The van der Waals surface area contributed by atoms with Crippen LogP contribution in [0.1, 0.15) is 81.5 Å². The molecule has 0 saturated carbocycles. The summed E-state index contributed by atoms with van der Waals surface area (Å²) in [7, 11) is 1.54. The Morgan fingerprint density at radius 2 is 1.54 bits per heavy atom. The van der Waals surface area contributed by atoms with E-state index < -0.39 is 23.0 Å². The van der Waals surface area contributed by atoms with Crippen molar-refractivity contribution < 1.29 is 32.3 Å². The maximum Gasteiger partial charge on any atom is 0.264 e. The quantitative estimate of drug-likeness (QED) is 0.0580. The van der Waals surface area contributed by atoms with Gasteiger partial charge < -0.3 is 23.3 Å². The van der Waals surface area contributed by atoms with Crippen LogP contribution in [0, 0.1) is 29.9 Å². The highest BCUT2D eigenvalue weighted by molar-refractivity contribution is 6.08. The molecule has 3 aromatic carbocycles. The summed E-state index contributed by atoms with van der Waals surface area (Å²) >= 11 is 0. The fraction of sp³-hybridized carbons (Fsp3) is 0.455. The smallest absolute Gasteiger partial charge is 0.264 e. The van der Waals surface area contributed by atoms with Crippen LogP contribution in [0.15, 0.2) is 65.6 Å². The number of rotatable bonds is 18. The van der Waals surface area contributed by atoms with Crippen LogP contribution in [0.2, 0.25) is 0 Å². The summed E-state index contributed by atoms with van der Waals surface area (Å²) in [5, 5.41) is 0.248. The van der Waals surface area contributed by atoms with Crippen molar-refractivity contribution in [3.8, 4) is 35.3 Å². The number of aromatic nitrogens is 1. The van der Waals surface area contributed by atoms with Gasteiger partial charge in [-0.3, -0.25) is 14.5 Å². The minimum atomic E-state index is -0.880. The number of amides is 1. The monoisotopic (exact) mass is 740 g/mol. The molecule has 54 heavy (non-hydrogen) atoms. The second-order valence-electron chi connectivity index (χ2n) is 14.8. The Kier molecular flexibility index (Phi) is 12.9. The number of fused-ring (bicyclic) bond motifs is 4. The molecule has 3 aliphatic heterocycles. The Hall–Kier alpha value is -4.88. The summed E-state index contributed by atoms with van der Waals surface area (Å²) in [6.07, 6.45) is 19.1. The van der Waals surface area contributed by atoms with E-state index in [1.807, 2.05) is 6.92 Å². The second-order valence-corrected chi connectivity index (χ2v) is 14.8. The highest BCUT2D eigenvalue weighted by Crippen LogP contribution is 2.34. The number of halogens is 2. The van der Waals surface area contributed by atoms with Gasteiger partial charge in [0.1, 0.15) is 34.4 Å². The lowest BCUT2D eigenvalue weighted by Gasteiger charge is -2.49. The van der Waals surface area contributed by atoms with Crippen molar-refractivity contribution in [1.82, 2.24) is 4.57 Å². The predicted molar refractivity (Wildman–Crippen MR) is 209 cm³/mol. The molecule has 3 aliphatic rings. The van der Waals surface area contributed by atoms with Crippen molar-refractivity contribution in [3.05, 3.63) is 88.2 Å². The molecule has 7 rings (SSSR count). The highest BCUT2D eigenvalue weighted by atomic mass is 19.1. The first-order valence-corrected chi connectivity index (χ1v) is 19.4. The van der Waals surface area contributed by atoms with Crippen molar-refractivity contribution in [2.24, 2.45) is 5.92 Å². The van der Waals surface area contributed by atoms with E-state index in [4.69, 9.17) is 20.6 Å². The van der Waals surface area contributed by atoms with Crippen molar-refractivity contribution in [1.29, 1.82) is 0 Å². The SMILES string of the molecule is C#CCN(C(=O)c1cn(-c2cc(OC)cc(OCCC)c2)c2cc(OCCCCCCCC[N+]34CCC(CC3)CC4)ccc2c1=O)c1cc(F)cc(F)c1. The van der Waals surface area contributed by atoms with E-state index in [0.717, 1.165) is 42.2 Å². The van der Waals surface area contributed by atoms with Gasteiger partial charge in [-0.25, -0.2) is 8.78 Å². The minimum Gasteiger partial charge on any atom is -0.497 e. The Morgan fingerprint density at radius 1 is 0.870 bits per heavy atom. The van der Waals surface area contributed by atoms with Gasteiger partial charge in [0.2, 0.25) is 5.43 Å². The number of carbonyl (C=O) groups excluding carboxylic acids is 1. The molecule has 10 heteroatoms. The van der Waals surface area contributed by atoms with E-state index in [9.17, 15) is 18.4 Å². The molecule has 0 unspecified atom stereocenters. The molecule has 3 fully saturated rings. The number of terminal acetylenes is 1. The molecule has 1 amide bonds. The molecule has 8 nitrogen and oxygen atoms in total. The molecule has 1 aromatic heterocycles. The summed E-state index contributed by atoms with van der Waals surface area (Å²) < 4.78 is 49.3. The van der Waals surface area contributed by atoms with Gasteiger partial charge in [-0.15, -0.1) is 6.42 Å². The maximum absolute atomic E-state index is 14.2. The number of nitrogens with zero attached hydrogens (tertiary/aromatic N) is 3. The Labute approximate surface area is 317 Å². The number of quaternary nitrogens is 1. The van der Waals surface area contributed by atoms with Crippen LogP contribution in [-0.2, 0) is 0 Å². The number of hydrogen-bond donors (Lipinski definition) is 0. The summed E-state index contributed by atoms with van der Waals surface area (Å²) in [6, 6.07) is 13.2. The maximum atomic E-state index is 14.2. The average molecular weight is 741 g/mol. The van der Waals surface area contributed by atoms with Gasteiger partial charge in [-0.1, -0.05) is 32.1 Å². The molecule has 286 valence electrons. The van der Waals surface area contributed by atoms with Gasteiger partial charge in [-0.2, -0.15) is 0 Å². The summed E-state index contributed by atoms with van der Waals surface area (Å²) in [6.45, 7) is 8.22. The second kappa shape index (κ2) is 18.0. The number of hydrogen-bond acceptors (Lipinski definition) is 5. The van der Waals surface area contributed by atoms with Gasteiger partial charge >= 0.3 is 0 Å². The van der Waals surface area contributed by atoms with Crippen LogP contribution in [0.3, 0.4) is 0 Å². The fourth-order valence-electron chi connectivity index (χ4n) is 8.01. The third kappa shape index (κ3) is 9.25. The van der Waals surface area contributed by atoms with Crippen LogP contribution in [-0.4, -0.2) is 68.0 Å². The van der Waals surface area contributed by atoms with Gasteiger partial charge in [0.25, 0.3) is 5.91 Å². The molecular weight excluding hydrogens is 688 g/mol. The van der Waals surface area contributed by atoms with Crippen LogP contribution in [0.25, 0.3) is 16.6 Å². The molecule has 0 atom stereocenters. The number of methoxy groups -OCH3 is 1. The topological polar surface area (TPSA) is 70.0 Å². The number of benzene rings is 3. The first kappa shape index (κ1) is 38.8. The van der Waals surface area contributed by atoms with Crippen molar-refractivity contribution in [2.75, 3.05) is 57.9 Å². The number of piperidine rings is 3. The number of unbranched alkanes of at least 4 members (excludes halogenated alkanes) is 5. The molecule has 4 aromatic rings. The lowest BCUT2D eigenvalue weighted by atomic mass is 9.85. The van der Waals surface area contributed by atoms with Gasteiger partial charge in [0.15, 0.2) is 0 Å². The summed E-state index contributed by atoms with van der Waals surface area (Å²) in [5.74, 6) is 2.45. The zero-order chi connectivity index (χ0) is 38.1. The summed E-state index contributed by atoms with van der Waals surface area (Å²) in [4.78, 5) is 29.2. The van der Waals surface area contributed by atoms with Gasteiger partial charge in [-0.05, 0) is 75.1 Å².